The van der Waals surface area contributed by atoms with Crippen molar-refractivity contribution in [3.63, 3.8) is 0 Å². The zero-order valence-electron chi connectivity index (χ0n) is 34.8. The highest BCUT2D eigenvalue weighted by Crippen LogP contribution is 2.64. The van der Waals surface area contributed by atoms with Gasteiger partial charge in [-0.2, -0.15) is 0 Å². The summed E-state index contributed by atoms with van der Waals surface area (Å²) in [4.78, 5) is 2.32. The molecule has 0 bridgehead atoms. The van der Waals surface area contributed by atoms with Gasteiger partial charge in [-0.25, -0.2) is 0 Å². The van der Waals surface area contributed by atoms with Crippen LogP contribution in [0.2, 0.25) is 0 Å². The zero-order valence-corrected chi connectivity index (χ0v) is 34.8. The minimum Gasteiger partial charge on any atom is -0.450 e. The smallest absolute Gasteiger partial charge is 0.170 e. The van der Waals surface area contributed by atoms with Crippen LogP contribution in [0.25, 0.3) is 55.6 Å². The highest BCUT2D eigenvalue weighted by molar-refractivity contribution is 5.96. The van der Waals surface area contributed by atoms with Crippen molar-refractivity contribution >= 4 is 17.1 Å². The maximum atomic E-state index is 6.81. The maximum Gasteiger partial charge on any atom is 0.170 e. The summed E-state index contributed by atoms with van der Waals surface area (Å²) in [5.41, 5.74) is 19.7. The van der Waals surface area contributed by atoms with Crippen LogP contribution in [-0.2, 0) is 5.41 Å². The molecule has 0 amide bonds. The summed E-state index contributed by atoms with van der Waals surface area (Å²) < 4.78 is 13.6. The van der Waals surface area contributed by atoms with E-state index in [4.69, 9.17) is 9.47 Å². The monoisotopic (exact) mass is 817 g/mol. The molecule has 1 heterocycles. The van der Waals surface area contributed by atoms with E-state index in [0.717, 1.165) is 50.8 Å². The first kappa shape index (κ1) is 36.3. The van der Waals surface area contributed by atoms with Crippen LogP contribution in [0, 0.1) is 0 Å². The molecule has 0 N–H and O–H groups in total. The topological polar surface area (TPSA) is 21.7 Å². The van der Waals surface area contributed by atoms with Crippen molar-refractivity contribution in [3.05, 3.63) is 259 Å². The van der Waals surface area contributed by atoms with Crippen LogP contribution < -0.4 is 14.4 Å². The number of rotatable bonds is 6. The number of hydrogen-bond donors (Lipinski definition) is 0. The third-order valence-corrected chi connectivity index (χ3v) is 13.3. The van der Waals surface area contributed by atoms with Crippen LogP contribution in [0.15, 0.2) is 237 Å². The Morgan fingerprint density at radius 1 is 0.250 bits per heavy atom. The van der Waals surface area contributed by atoms with Crippen LogP contribution in [0.3, 0.4) is 0 Å². The van der Waals surface area contributed by atoms with Gasteiger partial charge in [0.15, 0.2) is 23.0 Å². The molecule has 3 aliphatic rings. The number of anilines is 3. The Kier molecular flexibility index (Phi) is 8.13. The molecule has 64 heavy (non-hydrogen) atoms. The first-order valence-corrected chi connectivity index (χ1v) is 21.9. The Labute approximate surface area is 372 Å². The normalized spacial score (nSPS) is 13.1. The van der Waals surface area contributed by atoms with E-state index in [2.05, 4.69) is 235 Å². The lowest BCUT2D eigenvalue weighted by Gasteiger charge is -2.31. The predicted molar refractivity (Wildman–Crippen MR) is 260 cm³/mol. The molecule has 300 valence electrons. The highest BCUT2D eigenvalue weighted by atomic mass is 16.6. The lowest BCUT2D eigenvalue weighted by atomic mass is 9.70. The number of fused-ring (bicyclic) bond motifs is 12. The summed E-state index contributed by atoms with van der Waals surface area (Å²) in [5.74, 6) is 2.85. The first-order valence-electron chi connectivity index (χ1n) is 21.9. The van der Waals surface area contributed by atoms with Gasteiger partial charge >= 0.3 is 0 Å². The molecule has 0 radical (unpaired) electrons. The van der Waals surface area contributed by atoms with Gasteiger partial charge in [-0.1, -0.05) is 170 Å². The van der Waals surface area contributed by atoms with Crippen LogP contribution in [-0.4, -0.2) is 0 Å². The standard InChI is InChI=1S/C61H39NO2/c1-3-15-40(16-4-1)41-29-32-47(33-30-41)62(46-20-5-2-6-21-46)48-22-14-19-44(36-48)42-17-13-18-43(35-42)45-31-34-57-58(37-45)64-59-38-52-51-25-9-12-28-55(51)61(56(52)39-60(59)63-57)53-26-10-7-23-49(53)50-24-8-11-27-54(50)61/h1-39H. The largest absolute Gasteiger partial charge is 0.450 e. The molecule has 3 nitrogen and oxygen atoms in total. The molecule has 2 aliphatic carbocycles. The fourth-order valence-electron chi connectivity index (χ4n) is 10.5. The Bertz CT molecular complexity index is 3400. The summed E-state index contributed by atoms with van der Waals surface area (Å²) in [6, 6.07) is 84.8. The number of ether oxygens (including phenoxy) is 2. The molecular weight excluding hydrogens is 779 g/mol. The number of nitrogens with zero attached hydrogens (tertiary/aromatic N) is 1. The summed E-state index contributed by atoms with van der Waals surface area (Å²) >= 11 is 0. The summed E-state index contributed by atoms with van der Waals surface area (Å²) in [7, 11) is 0. The van der Waals surface area contributed by atoms with Gasteiger partial charge in [0.1, 0.15) is 0 Å². The van der Waals surface area contributed by atoms with E-state index in [1.165, 1.54) is 55.6 Å². The Morgan fingerprint density at radius 2 is 0.688 bits per heavy atom. The third kappa shape index (κ3) is 5.54. The minimum absolute atomic E-state index is 0.444. The third-order valence-electron chi connectivity index (χ3n) is 13.3. The molecule has 0 aromatic heterocycles. The average molecular weight is 818 g/mol. The number of para-hydroxylation sites is 1. The van der Waals surface area contributed by atoms with Crippen molar-refractivity contribution in [2.45, 2.75) is 5.41 Å². The lowest BCUT2D eigenvalue weighted by molar-refractivity contribution is 0.359. The molecule has 0 saturated carbocycles. The molecule has 0 saturated heterocycles. The maximum absolute atomic E-state index is 6.81. The van der Waals surface area contributed by atoms with Gasteiger partial charge in [0.2, 0.25) is 0 Å². The molecule has 10 aromatic carbocycles. The van der Waals surface area contributed by atoms with Gasteiger partial charge in [-0.05, 0) is 145 Å². The Balaban J connectivity index is 0.837. The van der Waals surface area contributed by atoms with E-state index in [1.54, 1.807) is 0 Å². The van der Waals surface area contributed by atoms with Gasteiger partial charge in [0.25, 0.3) is 0 Å². The van der Waals surface area contributed by atoms with E-state index in [9.17, 15) is 0 Å². The molecule has 0 fully saturated rings. The molecule has 13 rings (SSSR count). The van der Waals surface area contributed by atoms with E-state index >= 15 is 0 Å². The minimum atomic E-state index is -0.444. The van der Waals surface area contributed by atoms with E-state index in [1.807, 2.05) is 6.07 Å². The van der Waals surface area contributed by atoms with Crippen molar-refractivity contribution in [1.82, 2.24) is 0 Å². The van der Waals surface area contributed by atoms with Crippen LogP contribution in [0.4, 0.5) is 17.1 Å². The van der Waals surface area contributed by atoms with Gasteiger partial charge < -0.3 is 14.4 Å². The highest BCUT2D eigenvalue weighted by Gasteiger charge is 2.52. The van der Waals surface area contributed by atoms with Crippen LogP contribution in [0.5, 0.6) is 23.0 Å². The molecule has 1 spiro atoms. The first-order chi connectivity index (χ1) is 31.7. The lowest BCUT2D eigenvalue weighted by Crippen LogP contribution is -2.25. The fourth-order valence-corrected chi connectivity index (χ4v) is 10.5. The Morgan fingerprint density at radius 3 is 1.36 bits per heavy atom. The second-order valence-electron chi connectivity index (χ2n) is 16.8. The van der Waals surface area contributed by atoms with Crippen LogP contribution >= 0.6 is 0 Å². The van der Waals surface area contributed by atoms with Crippen molar-refractivity contribution in [2.24, 2.45) is 0 Å². The van der Waals surface area contributed by atoms with Crippen LogP contribution in [0.1, 0.15) is 22.3 Å². The van der Waals surface area contributed by atoms with Gasteiger partial charge in [-0.15, -0.1) is 0 Å². The second kappa shape index (κ2) is 14.3. The summed E-state index contributed by atoms with van der Waals surface area (Å²) in [5, 5.41) is 0. The average Bonchev–Trinajstić information content (AvgIpc) is 3.83. The van der Waals surface area contributed by atoms with Gasteiger partial charge in [0.05, 0.1) is 5.41 Å². The van der Waals surface area contributed by atoms with Crippen molar-refractivity contribution in [2.75, 3.05) is 4.90 Å². The van der Waals surface area contributed by atoms with E-state index in [-0.39, 0.29) is 0 Å². The van der Waals surface area contributed by atoms with Gasteiger partial charge in [0, 0.05) is 17.1 Å². The molecule has 0 unspecified atom stereocenters. The van der Waals surface area contributed by atoms with E-state index in [0.29, 0.717) is 11.5 Å². The summed E-state index contributed by atoms with van der Waals surface area (Å²) in [6.07, 6.45) is 0. The zero-order chi connectivity index (χ0) is 42.2. The molecular formula is C61H39NO2. The number of hydrogen-bond acceptors (Lipinski definition) is 3. The van der Waals surface area contributed by atoms with Gasteiger partial charge in [-0.3, -0.25) is 0 Å². The second-order valence-corrected chi connectivity index (χ2v) is 16.8. The Hall–Kier alpha value is -8.40. The predicted octanol–water partition coefficient (Wildman–Crippen LogP) is 16.4. The van der Waals surface area contributed by atoms with E-state index < -0.39 is 5.41 Å². The molecule has 1 aliphatic heterocycles. The molecule has 3 heteroatoms. The molecule has 0 atom stereocenters. The number of benzene rings is 10. The SMILES string of the molecule is c1ccc(-c2ccc(N(c3ccccc3)c3cccc(-c4cccc(-c5ccc6c(c5)Oc5cc7c(cc5O6)C5(c6ccccc6-c6ccccc65)c5ccccc5-7)c4)c3)cc2)cc1. The van der Waals surface area contributed by atoms with Crippen molar-refractivity contribution in [3.8, 4) is 78.6 Å². The quantitative estimate of drug-likeness (QED) is 0.167. The van der Waals surface area contributed by atoms with Crippen molar-refractivity contribution in [1.29, 1.82) is 0 Å². The van der Waals surface area contributed by atoms with Crippen molar-refractivity contribution < 1.29 is 9.47 Å². The summed E-state index contributed by atoms with van der Waals surface area (Å²) in [6.45, 7) is 0. The fraction of sp³-hybridized carbons (Fsp3) is 0.0164. The molecule has 10 aromatic rings.